The zero-order valence-electron chi connectivity index (χ0n) is 31.8. The molecule has 1 N–H and O–H groups in total. The van der Waals surface area contributed by atoms with Crippen molar-refractivity contribution in [3.05, 3.63) is 188 Å². The summed E-state index contributed by atoms with van der Waals surface area (Å²) in [7, 11) is -4.21. The number of thiazole rings is 1. The average Bonchev–Trinajstić information content (AvgIpc) is 3.98. The van der Waals surface area contributed by atoms with Crippen LogP contribution in [0.1, 0.15) is 45.0 Å². The van der Waals surface area contributed by atoms with Gasteiger partial charge in [-0.15, -0.1) is 34.4 Å². The normalized spacial score (nSPS) is 16.3. The first-order valence-electron chi connectivity index (χ1n) is 18.9. The topological polar surface area (TPSA) is 149 Å². The van der Waals surface area contributed by atoms with Gasteiger partial charge in [0.15, 0.2) is 12.2 Å². The van der Waals surface area contributed by atoms with Crippen LogP contribution < -0.4 is 5.32 Å². The summed E-state index contributed by atoms with van der Waals surface area (Å²) in [6, 6.07) is 39.6. The molecule has 2 atom stereocenters. The van der Waals surface area contributed by atoms with Gasteiger partial charge >= 0.3 is 11.9 Å². The van der Waals surface area contributed by atoms with Crippen LogP contribution in [0.3, 0.4) is 0 Å². The van der Waals surface area contributed by atoms with Crippen LogP contribution in [0.4, 0.5) is 0 Å². The van der Waals surface area contributed by atoms with Gasteiger partial charge in [-0.25, -0.2) is 18.2 Å². The molecule has 15 heteroatoms. The zero-order valence-corrected chi connectivity index (χ0v) is 35.1. The van der Waals surface area contributed by atoms with Crippen LogP contribution in [-0.2, 0) is 51.3 Å². The van der Waals surface area contributed by atoms with Gasteiger partial charge < -0.3 is 14.8 Å². The van der Waals surface area contributed by atoms with E-state index in [1.807, 2.05) is 139 Å². The molecule has 60 heavy (non-hydrogen) atoms. The molecule has 2 aliphatic rings. The fourth-order valence-electron chi connectivity index (χ4n) is 7.03. The number of benzene rings is 4. The average molecular weight is 876 g/mol. The van der Waals surface area contributed by atoms with E-state index in [0.717, 1.165) is 27.3 Å². The van der Waals surface area contributed by atoms with Crippen molar-refractivity contribution in [2.45, 2.75) is 40.8 Å². The molecular formula is C45H37N3O8S4. The Labute approximate surface area is 359 Å². The number of thioether (sulfide) groups is 1. The number of thiophene rings is 1. The summed E-state index contributed by atoms with van der Waals surface area (Å²) >= 11 is 3.54. The van der Waals surface area contributed by atoms with Gasteiger partial charge in [-0.3, -0.25) is 19.3 Å². The number of sulfone groups is 1. The van der Waals surface area contributed by atoms with Gasteiger partial charge in [0.25, 0.3) is 5.91 Å². The van der Waals surface area contributed by atoms with Crippen molar-refractivity contribution in [3.63, 3.8) is 0 Å². The first-order valence-corrected chi connectivity index (χ1v) is 23.4. The largest absolute Gasteiger partial charge is 0.452 e. The Morgan fingerprint density at radius 3 is 1.82 bits per heavy atom. The number of carbonyl (C=O) groups is 4. The van der Waals surface area contributed by atoms with Crippen LogP contribution in [0.2, 0.25) is 0 Å². The summed E-state index contributed by atoms with van der Waals surface area (Å²) in [5, 5.41) is 5.50. The molecule has 1 saturated heterocycles. The minimum Gasteiger partial charge on any atom is -0.452 e. The number of β-lactam (4-membered cyclic amide) rings is 1. The van der Waals surface area contributed by atoms with Gasteiger partial charge in [0.2, 0.25) is 20.1 Å². The van der Waals surface area contributed by atoms with E-state index >= 15 is 0 Å². The number of rotatable bonds is 15. The number of nitrogens with one attached hydrogen (secondary N) is 1. The minimum atomic E-state index is -4.21. The minimum absolute atomic E-state index is 0.0572. The van der Waals surface area contributed by atoms with E-state index in [-0.39, 0.29) is 45.8 Å². The summed E-state index contributed by atoms with van der Waals surface area (Å²) in [6.07, 6.45) is -1.74. The number of nitrogens with zero attached hydrogens (tertiary/aromatic N) is 2. The highest BCUT2D eigenvalue weighted by Crippen LogP contribution is 2.42. The second kappa shape index (κ2) is 18.2. The number of fused-ring (bicyclic) bond motifs is 1. The van der Waals surface area contributed by atoms with Crippen LogP contribution in [0.5, 0.6) is 0 Å². The molecule has 4 aromatic carbocycles. The molecule has 2 aliphatic heterocycles. The van der Waals surface area contributed by atoms with E-state index in [1.165, 1.54) is 33.4 Å². The smallest absolute Gasteiger partial charge is 0.356 e. The summed E-state index contributed by atoms with van der Waals surface area (Å²) in [5.41, 5.74) is 3.09. The highest BCUT2D eigenvalue weighted by Gasteiger charge is 2.55. The van der Waals surface area contributed by atoms with Gasteiger partial charge in [0.1, 0.15) is 17.1 Å². The SMILES string of the molecule is O=C(Cc1cccs1)N[C@@H]1C(=O)N2C(C(=O)OC(c3ccccc3)c3ccccc3)=C(CS(=O)(=O)c3nc(CC(=O)OC(c4ccccc4)c4ccccc4)cs3)CS[C@H]12. The van der Waals surface area contributed by atoms with Crippen molar-refractivity contribution in [1.82, 2.24) is 15.2 Å². The van der Waals surface area contributed by atoms with Gasteiger partial charge in [-0.2, -0.15) is 0 Å². The quantitative estimate of drug-likeness (QED) is 0.0838. The lowest BCUT2D eigenvalue weighted by Gasteiger charge is -2.49. The first-order chi connectivity index (χ1) is 29.1. The Bertz CT molecular complexity index is 2540. The summed E-state index contributed by atoms with van der Waals surface area (Å²) in [4.78, 5) is 61.0. The number of ether oxygens (including phenoxy) is 2. The van der Waals surface area contributed by atoms with Crippen molar-refractivity contribution in [2.75, 3.05) is 11.5 Å². The number of hydrogen-bond acceptors (Lipinski definition) is 12. The maximum atomic E-state index is 14.5. The number of esters is 2. The Kier molecular flexibility index (Phi) is 12.4. The second-order valence-electron chi connectivity index (χ2n) is 14.0. The lowest BCUT2D eigenvalue weighted by atomic mass is 10.0. The van der Waals surface area contributed by atoms with Crippen LogP contribution in [0.15, 0.2) is 160 Å². The predicted molar refractivity (Wildman–Crippen MR) is 230 cm³/mol. The van der Waals surface area contributed by atoms with E-state index in [4.69, 9.17) is 9.47 Å². The maximum absolute atomic E-state index is 14.5. The Hall–Kier alpha value is -5.87. The Morgan fingerprint density at radius 1 is 0.733 bits per heavy atom. The second-order valence-corrected chi connectivity index (χ2v) is 19.2. The lowest BCUT2D eigenvalue weighted by molar-refractivity contribution is -0.154. The van der Waals surface area contributed by atoms with Crippen LogP contribution in [0, 0.1) is 0 Å². The van der Waals surface area contributed by atoms with E-state index in [1.54, 1.807) is 0 Å². The van der Waals surface area contributed by atoms with Crippen LogP contribution >= 0.6 is 34.4 Å². The molecule has 0 aliphatic carbocycles. The van der Waals surface area contributed by atoms with E-state index < -0.39 is 57.1 Å². The fourth-order valence-corrected chi connectivity index (χ4v) is 11.7. The number of aromatic nitrogens is 1. The molecule has 2 amide bonds. The number of carbonyl (C=O) groups excluding carboxylic acids is 4. The monoisotopic (exact) mass is 875 g/mol. The van der Waals surface area contributed by atoms with E-state index in [2.05, 4.69) is 10.3 Å². The Balaban J connectivity index is 1.04. The maximum Gasteiger partial charge on any atom is 0.356 e. The number of hydrogen-bond donors (Lipinski definition) is 1. The van der Waals surface area contributed by atoms with Crippen molar-refractivity contribution < 1.29 is 37.1 Å². The standard InChI is InChI=1S/C45H37N3O8S4/c49-36(25-35-22-13-23-57-35)47-38-42(51)48-39(44(52)56-41(31-18-9-3-10-19-31)32-20-11-4-12-21-32)33(26-58-43(38)48)28-60(53,54)45-46-34(27-59-45)24-37(50)55-40(29-14-5-1-6-15-29)30-16-7-2-8-17-30/h1-23,27,38,40-41,43H,24-26,28H2,(H,47,49)/t38-,43-/m1/s1. The number of amides is 2. The molecule has 0 spiro atoms. The molecule has 4 heterocycles. The molecule has 0 radical (unpaired) electrons. The van der Waals surface area contributed by atoms with Gasteiger partial charge in [-0.1, -0.05) is 127 Å². The first kappa shape index (κ1) is 40.9. The molecule has 304 valence electrons. The van der Waals surface area contributed by atoms with Gasteiger partial charge in [0, 0.05) is 16.0 Å². The summed E-state index contributed by atoms with van der Waals surface area (Å²) in [5.74, 6) is -2.95. The molecule has 6 aromatic rings. The van der Waals surface area contributed by atoms with Crippen molar-refractivity contribution >= 4 is 68.0 Å². The summed E-state index contributed by atoms with van der Waals surface area (Å²) in [6.45, 7) is 0. The van der Waals surface area contributed by atoms with E-state index in [9.17, 15) is 27.6 Å². The molecule has 0 unspecified atom stereocenters. The van der Waals surface area contributed by atoms with Crippen LogP contribution in [-0.4, -0.2) is 65.0 Å². The van der Waals surface area contributed by atoms with Crippen molar-refractivity contribution in [3.8, 4) is 0 Å². The molecule has 1 fully saturated rings. The third-order valence-corrected chi connectivity index (χ3v) is 15.1. The van der Waals surface area contributed by atoms with Gasteiger partial charge in [-0.05, 0) is 39.3 Å². The molecule has 0 saturated carbocycles. The summed E-state index contributed by atoms with van der Waals surface area (Å²) < 4.78 is 40.1. The van der Waals surface area contributed by atoms with Gasteiger partial charge in [0.05, 0.1) is 24.3 Å². The Morgan fingerprint density at radius 2 is 1.28 bits per heavy atom. The molecule has 2 aromatic heterocycles. The van der Waals surface area contributed by atoms with Crippen molar-refractivity contribution in [2.24, 2.45) is 0 Å². The third-order valence-electron chi connectivity index (χ3n) is 9.84. The third kappa shape index (κ3) is 9.14. The molecule has 11 nitrogen and oxygen atoms in total. The molecule has 0 bridgehead atoms. The van der Waals surface area contributed by atoms with Crippen LogP contribution in [0.25, 0.3) is 0 Å². The molecule has 8 rings (SSSR count). The molecular weight excluding hydrogens is 839 g/mol. The highest BCUT2D eigenvalue weighted by atomic mass is 32.2. The zero-order chi connectivity index (χ0) is 41.6. The van der Waals surface area contributed by atoms with E-state index in [0.29, 0.717) is 11.1 Å². The fraction of sp³-hybridized carbons (Fsp3) is 0.178. The predicted octanol–water partition coefficient (Wildman–Crippen LogP) is 7.08. The lowest BCUT2D eigenvalue weighted by Crippen LogP contribution is -2.70. The highest BCUT2D eigenvalue weighted by molar-refractivity contribution is 8.00. The van der Waals surface area contributed by atoms with Crippen molar-refractivity contribution in [1.29, 1.82) is 0 Å².